The number of nitrogens with zero attached hydrogens (tertiary/aromatic N) is 3. The molecule has 0 spiro atoms. The number of aromatic nitrogens is 3. The number of halogens is 2. The van der Waals surface area contributed by atoms with Crippen molar-refractivity contribution in [2.24, 2.45) is 0 Å². The SMILES string of the molecule is CCc1cc2sc3cc(Oc4ccc(F)cc4CNC(=O)Nc4cc(C(C)(C)C)nn4-c4ccc(O)c(Cl)c4)ccc3n2c1C(=O)O. The zero-order valence-corrected chi connectivity index (χ0v) is 27.5. The molecule has 0 fully saturated rings. The molecule has 0 radical (unpaired) electrons. The fourth-order valence-corrected chi connectivity index (χ4v) is 6.52. The lowest BCUT2D eigenvalue weighted by molar-refractivity contribution is 0.0688. The van der Waals surface area contributed by atoms with E-state index in [4.69, 9.17) is 16.3 Å². The zero-order chi connectivity index (χ0) is 33.6. The second kappa shape index (κ2) is 12.3. The van der Waals surface area contributed by atoms with Crippen LogP contribution in [-0.4, -0.2) is 36.4 Å². The Labute approximate surface area is 278 Å². The van der Waals surface area contributed by atoms with Gasteiger partial charge in [-0.05, 0) is 66.6 Å². The topological polar surface area (TPSA) is 130 Å². The van der Waals surface area contributed by atoms with E-state index in [9.17, 15) is 24.2 Å². The highest BCUT2D eigenvalue weighted by Crippen LogP contribution is 2.36. The monoisotopic (exact) mass is 675 g/mol. The van der Waals surface area contributed by atoms with Crippen LogP contribution in [0.15, 0.2) is 66.7 Å². The number of carboxylic acid groups (broad SMARTS) is 1. The number of aryl methyl sites for hydroxylation is 1. The van der Waals surface area contributed by atoms with Crippen molar-refractivity contribution in [1.82, 2.24) is 19.5 Å². The second-order valence-corrected chi connectivity index (χ2v) is 13.4. The van der Waals surface area contributed by atoms with E-state index >= 15 is 0 Å². The van der Waals surface area contributed by atoms with Gasteiger partial charge >= 0.3 is 12.0 Å². The molecule has 3 heterocycles. The molecule has 6 aromatic rings. The van der Waals surface area contributed by atoms with Crippen LogP contribution in [-0.2, 0) is 18.4 Å². The van der Waals surface area contributed by atoms with E-state index in [0.717, 1.165) is 20.6 Å². The minimum Gasteiger partial charge on any atom is -0.506 e. The molecule has 13 heteroatoms. The number of fused-ring (bicyclic) bond motifs is 3. The van der Waals surface area contributed by atoms with Gasteiger partial charge in [0.15, 0.2) is 0 Å². The van der Waals surface area contributed by atoms with Gasteiger partial charge in [0.2, 0.25) is 0 Å². The van der Waals surface area contributed by atoms with Gasteiger partial charge in [-0.1, -0.05) is 39.3 Å². The van der Waals surface area contributed by atoms with Gasteiger partial charge in [-0.3, -0.25) is 9.72 Å². The summed E-state index contributed by atoms with van der Waals surface area (Å²) < 4.78 is 24.6. The molecule has 0 bridgehead atoms. The summed E-state index contributed by atoms with van der Waals surface area (Å²) in [5, 5.41) is 30.1. The van der Waals surface area contributed by atoms with Crippen LogP contribution in [0.2, 0.25) is 5.02 Å². The number of aromatic hydroxyl groups is 1. The van der Waals surface area contributed by atoms with Crippen molar-refractivity contribution in [1.29, 1.82) is 0 Å². The average molecular weight is 676 g/mol. The van der Waals surface area contributed by atoms with Crippen LogP contribution >= 0.6 is 22.9 Å². The molecule has 0 aliphatic rings. The number of carbonyl (C=O) groups excluding carboxylic acids is 1. The number of benzene rings is 3. The summed E-state index contributed by atoms with van der Waals surface area (Å²) in [4.78, 5) is 25.9. The predicted octanol–water partition coefficient (Wildman–Crippen LogP) is 8.51. The van der Waals surface area contributed by atoms with Crippen LogP contribution in [0.4, 0.5) is 15.0 Å². The molecule has 0 saturated carbocycles. The molecule has 10 nitrogen and oxygen atoms in total. The Kier molecular flexibility index (Phi) is 8.33. The lowest BCUT2D eigenvalue weighted by atomic mass is 9.92. The molecule has 0 aliphatic heterocycles. The van der Waals surface area contributed by atoms with Gasteiger partial charge in [-0.2, -0.15) is 5.10 Å². The summed E-state index contributed by atoms with van der Waals surface area (Å²) in [5.41, 5.74) is 3.07. The van der Waals surface area contributed by atoms with Crippen molar-refractivity contribution in [3.63, 3.8) is 0 Å². The van der Waals surface area contributed by atoms with Crippen molar-refractivity contribution in [3.8, 4) is 22.9 Å². The van der Waals surface area contributed by atoms with Crippen molar-refractivity contribution < 1.29 is 28.9 Å². The maximum Gasteiger partial charge on any atom is 0.353 e. The summed E-state index contributed by atoms with van der Waals surface area (Å²) >= 11 is 7.58. The third-order valence-electron chi connectivity index (χ3n) is 7.60. The normalized spacial score (nSPS) is 11.7. The van der Waals surface area contributed by atoms with Gasteiger partial charge in [-0.15, -0.1) is 11.3 Å². The van der Waals surface area contributed by atoms with E-state index in [2.05, 4.69) is 15.7 Å². The number of aromatic carboxylic acids is 1. The Balaban J connectivity index is 1.22. The minimum atomic E-state index is -0.988. The van der Waals surface area contributed by atoms with Crippen LogP contribution in [0.25, 0.3) is 20.7 Å². The van der Waals surface area contributed by atoms with Crippen LogP contribution < -0.4 is 15.4 Å². The van der Waals surface area contributed by atoms with E-state index in [1.807, 2.05) is 33.8 Å². The predicted molar refractivity (Wildman–Crippen MR) is 180 cm³/mol. The standard InChI is InChI=1S/C34H31ClFN5O5S/c1-5-18-13-30-40(31(18)32(43)44)24-9-8-22(15-27(24)47-30)46-26-11-6-20(36)12-19(26)17-37-33(45)38-29-16-28(34(2,3)4)39-41(29)21-7-10-25(42)23(35)14-21/h6-16,42H,5,17H2,1-4H3,(H,43,44)(H2,37,38,45). The number of anilines is 1. The molecule has 4 N–H and O–H groups in total. The van der Waals surface area contributed by atoms with Crippen molar-refractivity contribution >= 4 is 55.8 Å². The molecule has 0 saturated heterocycles. The number of amides is 2. The third kappa shape index (κ3) is 6.34. The number of ether oxygens (including phenoxy) is 1. The molecular weight excluding hydrogens is 645 g/mol. The first-order valence-electron chi connectivity index (χ1n) is 14.7. The number of phenolic OH excluding ortho intramolecular Hbond substituents is 1. The molecular formula is C34H31ClFN5O5S. The lowest BCUT2D eigenvalue weighted by Crippen LogP contribution is -2.29. The van der Waals surface area contributed by atoms with Gasteiger partial charge in [0.05, 0.1) is 26.6 Å². The summed E-state index contributed by atoms with van der Waals surface area (Å²) in [6.07, 6.45) is 0.604. The van der Waals surface area contributed by atoms with Gasteiger partial charge in [0.1, 0.15) is 39.4 Å². The fourth-order valence-electron chi connectivity index (χ4n) is 5.20. The summed E-state index contributed by atoms with van der Waals surface area (Å²) in [6, 6.07) is 17.1. The van der Waals surface area contributed by atoms with Crippen LogP contribution in [0.3, 0.4) is 0 Å². The van der Waals surface area contributed by atoms with Crippen LogP contribution in [0.5, 0.6) is 17.2 Å². The Bertz CT molecular complexity index is 2180. The van der Waals surface area contributed by atoms with Gasteiger partial charge in [0, 0.05) is 29.7 Å². The molecule has 2 amide bonds. The first-order valence-corrected chi connectivity index (χ1v) is 15.9. The van der Waals surface area contributed by atoms with Crippen molar-refractivity contribution in [3.05, 3.63) is 100 Å². The zero-order valence-electron chi connectivity index (χ0n) is 25.9. The Morgan fingerprint density at radius 1 is 1.04 bits per heavy atom. The molecule has 0 aliphatic carbocycles. The van der Waals surface area contributed by atoms with E-state index < -0.39 is 17.8 Å². The number of rotatable bonds is 8. The Morgan fingerprint density at radius 3 is 2.53 bits per heavy atom. The average Bonchev–Trinajstić information content (AvgIpc) is 3.70. The molecule has 3 aromatic carbocycles. The number of carboxylic acids is 1. The van der Waals surface area contributed by atoms with E-state index in [0.29, 0.717) is 40.7 Å². The van der Waals surface area contributed by atoms with Crippen LogP contribution in [0, 0.1) is 5.82 Å². The summed E-state index contributed by atoms with van der Waals surface area (Å²) in [5.74, 6) is -0.388. The quantitative estimate of drug-likeness (QED) is 0.128. The summed E-state index contributed by atoms with van der Waals surface area (Å²) in [6.45, 7) is 7.84. The van der Waals surface area contributed by atoms with E-state index in [1.165, 1.54) is 46.4 Å². The van der Waals surface area contributed by atoms with Crippen molar-refractivity contribution in [2.45, 2.75) is 46.1 Å². The van der Waals surface area contributed by atoms with Gasteiger partial charge in [-0.25, -0.2) is 18.7 Å². The lowest BCUT2D eigenvalue weighted by Gasteiger charge is -2.14. The van der Waals surface area contributed by atoms with Crippen molar-refractivity contribution in [2.75, 3.05) is 5.32 Å². The molecule has 0 atom stereocenters. The number of carbonyl (C=O) groups is 2. The Morgan fingerprint density at radius 2 is 1.83 bits per heavy atom. The van der Waals surface area contributed by atoms with E-state index in [1.54, 1.807) is 34.7 Å². The molecule has 47 heavy (non-hydrogen) atoms. The highest BCUT2D eigenvalue weighted by molar-refractivity contribution is 7.24. The van der Waals surface area contributed by atoms with Gasteiger partial charge in [0.25, 0.3) is 0 Å². The number of urea groups is 1. The number of hydrogen-bond acceptors (Lipinski definition) is 6. The van der Waals surface area contributed by atoms with Crippen LogP contribution in [0.1, 0.15) is 55.0 Å². The Hall–Kier alpha value is -5.07. The fraction of sp³-hybridized carbons (Fsp3) is 0.206. The largest absolute Gasteiger partial charge is 0.506 e. The highest BCUT2D eigenvalue weighted by atomic mass is 35.5. The maximum absolute atomic E-state index is 14.4. The maximum atomic E-state index is 14.4. The number of phenols is 1. The molecule has 242 valence electrons. The van der Waals surface area contributed by atoms with Gasteiger partial charge < -0.3 is 20.3 Å². The molecule has 0 unspecified atom stereocenters. The molecule has 3 aromatic heterocycles. The molecule has 6 rings (SSSR count). The highest BCUT2D eigenvalue weighted by Gasteiger charge is 2.23. The number of nitrogens with one attached hydrogen (secondary N) is 2. The summed E-state index contributed by atoms with van der Waals surface area (Å²) in [7, 11) is 0. The number of thiazole rings is 1. The van der Waals surface area contributed by atoms with E-state index in [-0.39, 0.29) is 28.4 Å². The third-order valence-corrected chi connectivity index (χ3v) is 8.96. The first kappa shape index (κ1) is 31.9. The second-order valence-electron chi connectivity index (χ2n) is 12.0. The smallest absolute Gasteiger partial charge is 0.353 e. The minimum absolute atomic E-state index is 0.0584. The number of hydrogen-bond donors (Lipinski definition) is 4. The first-order chi connectivity index (χ1) is 22.3.